The number of nitrogens with one attached hydrogen (secondary N) is 1. The summed E-state index contributed by atoms with van der Waals surface area (Å²) in [7, 11) is 4.01. The van der Waals surface area contributed by atoms with Gasteiger partial charge in [-0.3, -0.25) is 4.79 Å². The number of aromatic nitrogens is 1. The Kier molecular flexibility index (Phi) is 5.93. The quantitative estimate of drug-likeness (QED) is 0.836. The highest BCUT2D eigenvalue weighted by Crippen LogP contribution is 2.16. The molecule has 2 atom stereocenters. The zero-order chi connectivity index (χ0) is 16.1. The molecule has 7 heteroatoms. The van der Waals surface area contributed by atoms with Crippen molar-refractivity contribution in [3.63, 3.8) is 0 Å². The first-order valence-electron chi connectivity index (χ1n) is 7.57. The van der Waals surface area contributed by atoms with Crippen LogP contribution in [-0.2, 0) is 9.47 Å². The third-order valence-corrected chi connectivity index (χ3v) is 3.74. The summed E-state index contributed by atoms with van der Waals surface area (Å²) in [6.07, 6.45) is 0.748. The lowest BCUT2D eigenvalue weighted by Gasteiger charge is -2.32. The number of aryl methyl sites for hydroxylation is 2. The predicted molar refractivity (Wildman–Crippen MR) is 81.0 cm³/mol. The Hall–Kier alpha value is -1.44. The van der Waals surface area contributed by atoms with Gasteiger partial charge in [0.1, 0.15) is 11.3 Å². The van der Waals surface area contributed by atoms with Crippen molar-refractivity contribution in [2.45, 2.75) is 32.4 Å². The van der Waals surface area contributed by atoms with Crippen molar-refractivity contribution in [2.75, 3.05) is 40.5 Å². The van der Waals surface area contributed by atoms with Gasteiger partial charge in [-0.15, -0.1) is 0 Å². The zero-order valence-electron chi connectivity index (χ0n) is 13.7. The fourth-order valence-electron chi connectivity index (χ4n) is 2.49. The molecule has 1 aliphatic rings. The SMILES string of the molecule is Cc1noc(C)c1C(=O)N[C@@H]1COCC[C@@H]1OCCN(C)C. The molecular formula is C15H25N3O4. The molecule has 2 heterocycles. The van der Waals surface area contributed by atoms with Gasteiger partial charge < -0.3 is 24.2 Å². The maximum atomic E-state index is 12.4. The lowest BCUT2D eigenvalue weighted by Crippen LogP contribution is -2.51. The van der Waals surface area contributed by atoms with Gasteiger partial charge in [0.2, 0.25) is 0 Å². The largest absolute Gasteiger partial charge is 0.379 e. The Morgan fingerprint density at radius 3 is 2.86 bits per heavy atom. The van der Waals surface area contributed by atoms with E-state index in [1.807, 2.05) is 14.1 Å². The molecule has 0 aliphatic carbocycles. The maximum absolute atomic E-state index is 12.4. The zero-order valence-corrected chi connectivity index (χ0v) is 13.7. The number of rotatable bonds is 6. The van der Waals surface area contributed by atoms with Crippen LogP contribution in [-0.4, -0.2) is 68.6 Å². The van der Waals surface area contributed by atoms with Crippen LogP contribution in [0.2, 0.25) is 0 Å². The minimum absolute atomic E-state index is 0.0295. The van der Waals surface area contributed by atoms with Gasteiger partial charge in [-0.1, -0.05) is 5.16 Å². The van der Waals surface area contributed by atoms with E-state index in [0.717, 1.165) is 13.0 Å². The van der Waals surface area contributed by atoms with E-state index in [2.05, 4.69) is 15.4 Å². The smallest absolute Gasteiger partial charge is 0.257 e. The van der Waals surface area contributed by atoms with Gasteiger partial charge in [-0.2, -0.15) is 0 Å². The molecule has 124 valence electrons. The number of carbonyl (C=O) groups excluding carboxylic acids is 1. The van der Waals surface area contributed by atoms with Crippen LogP contribution < -0.4 is 5.32 Å². The molecule has 0 bridgehead atoms. The molecule has 1 aliphatic heterocycles. The minimum atomic E-state index is -0.187. The fourth-order valence-corrected chi connectivity index (χ4v) is 2.49. The summed E-state index contributed by atoms with van der Waals surface area (Å²) in [6.45, 7) is 6.09. The van der Waals surface area contributed by atoms with Gasteiger partial charge in [0.25, 0.3) is 5.91 Å². The number of ether oxygens (including phenoxy) is 2. The van der Waals surface area contributed by atoms with Gasteiger partial charge in [0.05, 0.1) is 31.1 Å². The number of carbonyl (C=O) groups is 1. The van der Waals surface area contributed by atoms with Crippen molar-refractivity contribution in [3.05, 3.63) is 17.0 Å². The molecule has 0 saturated carbocycles. The van der Waals surface area contributed by atoms with E-state index in [1.54, 1.807) is 13.8 Å². The van der Waals surface area contributed by atoms with E-state index < -0.39 is 0 Å². The minimum Gasteiger partial charge on any atom is -0.379 e. The normalized spacial score (nSPS) is 22.0. The molecule has 1 saturated heterocycles. The maximum Gasteiger partial charge on any atom is 0.257 e. The van der Waals surface area contributed by atoms with Crippen molar-refractivity contribution in [1.82, 2.24) is 15.4 Å². The van der Waals surface area contributed by atoms with E-state index in [1.165, 1.54) is 0 Å². The lowest BCUT2D eigenvalue weighted by atomic mass is 10.1. The second-order valence-corrected chi connectivity index (χ2v) is 5.86. The molecule has 1 amide bonds. The molecular weight excluding hydrogens is 286 g/mol. The summed E-state index contributed by atoms with van der Waals surface area (Å²) in [6, 6.07) is -0.155. The van der Waals surface area contributed by atoms with E-state index in [4.69, 9.17) is 14.0 Å². The second kappa shape index (κ2) is 7.71. The van der Waals surface area contributed by atoms with Crippen molar-refractivity contribution in [2.24, 2.45) is 0 Å². The van der Waals surface area contributed by atoms with E-state index in [0.29, 0.717) is 36.8 Å². The van der Waals surface area contributed by atoms with Crippen LogP contribution in [0.4, 0.5) is 0 Å². The van der Waals surface area contributed by atoms with Crippen LogP contribution in [0.3, 0.4) is 0 Å². The van der Waals surface area contributed by atoms with Crippen LogP contribution in [0.5, 0.6) is 0 Å². The molecule has 22 heavy (non-hydrogen) atoms. The summed E-state index contributed by atoms with van der Waals surface area (Å²) >= 11 is 0. The summed E-state index contributed by atoms with van der Waals surface area (Å²) < 4.78 is 16.4. The first-order valence-corrected chi connectivity index (χ1v) is 7.57. The summed E-state index contributed by atoms with van der Waals surface area (Å²) in [5, 5.41) is 6.80. The first-order chi connectivity index (χ1) is 10.5. The summed E-state index contributed by atoms with van der Waals surface area (Å²) in [5.41, 5.74) is 1.09. The topological polar surface area (TPSA) is 76.8 Å². The lowest BCUT2D eigenvalue weighted by molar-refractivity contribution is -0.0562. The van der Waals surface area contributed by atoms with E-state index in [9.17, 15) is 4.79 Å². The van der Waals surface area contributed by atoms with Crippen LogP contribution >= 0.6 is 0 Å². The Morgan fingerprint density at radius 2 is 2.23 bits per heavy atom. The number of amides is 1. The third kappa shape index (κ3) is 4.28. The van der Waals surface area contributed by atoms with Crippen molar-refractivity contribution < 1.29 is 18.8 Å². The van der Waals surface area contributed by atoms with Crippen LogP contribution in [0, 0.1) is 13.8 Å². The second-order valence-electron chi connectivity index (χ2n) is 5.86. The first kappa shape index (κ1) is 16.9. The predicted octanol–water partition coefficient (Wildman–Crippen LogP) is 0.757. The van der Waals surface area contributed by atoms with Gasteiger partial charge >= 0.3 is 0 Å². The highest BCUT2D eigenvalue weighted by Gasteiger charge is 2.29. The molecule has 0 spiro atoms. The van der Waals surface area contributed by atoms with E-state index >= 15 is 0 Å². The molecule has 1 aromatic heterocycles. The average molecular weight is 311 g/mol. The molecule has 0 unspecified atom stereocenters. The Bertz CT molecular complexity index is 481. The van der Waals surface area contributed by atoms with Crippen LogP contribution in [0.1, 0.15) is 28.2 Å². The van der Waals surface area contributed by atoms with Gasteiger partial charge in [0, 0.05) is 13.2 Å². The van der Waals surface area contributed by atoms with Crippen molar-refractivity contribution in [1.29, 1.82) is 0 Å². The van der Waals surface area contributed by atoms with Crippen LogP contribution in [0.15, 0.2) is 4.52 Å². The highest BCUT2D eigenvalue weighted by atomic mass is 16.5. The molecule has 0 aromatic carbocycles. The number of hydrogen-bond donors (Lipinski definition) is 1. The number of hydrogen-bond acceptors (Lipinski definition) is 6. The fraction of sp³-hybridized carbons (Fsp3) is 0.733. The van der Waals surface area contributed by atoms with Gasteiger partial charge in [0.15, 0.2) is 0 Å². The van der Waals surface area contributed by atoms with Crippen molar-refractivity contribution in [3.8, 4) is 0 Å². The highest BCUT2D eigenvalue weighted by molar-refractivity contribution is 5.96. The van der Waals surface area contributed by atoms with E-state index in [-0.39, 0.29) is 18.1 Å². The Balaban J connectivity index is 1.95. The molecule has 1 fully saturated rings. The average Bonchev–Trinajstić information content (AvgIpc) is 2.79. The molecule has 0 radical (unpaired) electrons. The monoisotopic (exact) mass is 311 g/mol. The molecule has 2 rings (SSSR count). The van der Waals surface area contributed by atoms with Crippen molar-refractivity contribution >= 4 is 5.91 Å². The van der Waals surface area contributed by atoms with Crippen LogP contribution in [0.25, 0.3) is 0 Å². The summed E-state index contributed by atoms with van der Waals surface area (Å²) in [4.78, 5) is 14.5. The number of nitrogens with zero attached hydrogens (tertiary/aromatic N) is 2. The summed E-state index contributed by atoms with van der Waals surface area (Å²) in [5.74, 6) is 0.338. The number of likely N-dealkylation sites (N-methyl/N-ethyl adjacent to an activating group) is 1. The molecule has 1 aromatic rings. The molecule has 7 nitrogen and oxygen atoms in total. The Morgan fingerprint density at radius 1 is 1.45 bits per heavy atom. The van der Waals surface area contributed by atoms with Gasteiger partial charge in [-0.25, -0.2) is 0 Å². The molecule has 1 N–H and O–H groups in total. The van der Waals surface area contributed by atoms with Gasteiger partial charge in [-0.05, 0) is 34.4 Å². The Labute approximate surface area is 130 Å². The third-order valence-electron chi connectivity index (χ3n) is 3.74. The standard InChI is InChI=1S/C15H25N3O4/c1-10-14(11(2)22-17-10)15(19)16-12-9-20-7-5-13(12)21-8-6-18(3)4/h12-13H,5-9H2,1-4H3,(H,16,19)/t12-,13+/m1/s1.